The summed E-state index contributed by atoms with van der Waals surface area (Å²) in [5.41, 5.74) is 4.27. The number of fused-ring (bicyclic) bond motifs is 1. The van der Waals surface area contributed by atoms with Gasteiger partial charge in [0.2, 0.25) is 0 Å². The van der Waals surface area contributed by atoms with Crippen molar-refractivity contribution >= 4 is 0 Å². The second-order valence-corrected chi connectivity index (χ2v) is 6.64. The Morgan fingerprint density at radius 2 is 1.89 bits per heavy atom. The molecular weight excluding hydrogens is 349 g/mol. The van der Waals surface area contributed by atoms with E-state index < -0.39 is 0 Å². The molecule has 1 heterocycles. The van der Waals surface area contributed by atoms with Crippen LogP contribution in [0, 0.1) is 5.82 Å². The van der Waals surface area contributed by atoms with E-state index in [0.29, 0.717) is 6.42 Å². The molecule has 0 fully saturated rings. The van der Waals surface area contributed by atoms with Crippen molar-refractivity contribution in [1.29, 1.82) is 0 Å². The minimum absolute atomic E-state index is 0.0206. The average molecular weight is 375 g/mol. The van der Waals surface area contributed by atoms with Crippen molar-refractivity contribution in [2.75, 3.05) is 34.2 Å². The first-order valence-corrected chi connectivity index (χ1v) is 9.07. The zero-order chi connectivity index (χ0) is 19.2. The fourth-order valence-electron chi connectivity index (χ4n) is 3.53. The summed E-state index contributed by atoms with van der Waals surface area (Å²) in [6.07, 6.45) is 1.31. The molecule has 1 N–H and O–H groups in total. The Kier molecular flexibility index (Phi) is 6.66. The van der Waals surface area contributed by atoms with Crippen molar-refractivity contribution in [3.05, 3.63) is 58.4 Å². The predicted octanol–water partition coefficient (Wildman–Crippen LogP) is 2.91. The third kappa shape index (κ3) is 4.58. The highest BCUT2D eigenvalue weighted by atomic mass is 19.1. The van der Waals surface area contributed by atoms with Gasteiger partial charge in [-0.15, -0.1) is 0 Å². The summed E-state index contributed by atoms with van der Waals surface area (Å²) < 4.78 is 29.5. The smallest absolute Gasteiger partial charge is 0.188 e. The zero-order valence-corrected chi connectivity index (χ0v) is 15.8. The van der Waals surface area contributed by atoms with Crippen molar-refractivity contribution in [3.8, 4) is 11.5 Å². The number of nitrogens with zero attached hydrogens (tertiary/aromatic N) is 1. The standard InChI is InChI=1S/C21H26FNO4/c1-25-14-27-21-18(8-10-24)20(26-2)11-16-12-23(13-19(16)21)9-7-15-3-5-17(22)6-4-15/h3-6,11,24H,7-10,12-14H2,1-2H3. The lowest BCUT2D eigenvalue weighted by molar-refractivity contribution is 0.0491. The van der Waals surface area contributed by atoms with E-state index in [1.165, 1.54) is 17.7 Å². The van der Waals surface area contributed by atoms with Crippen LogP contribution in [0.1, 0.15) is 22.3 Å². The van der Waals surface area contributed by atoms with Gasteiger partial charge in [-0.2, -0.15) is 0 Å². The molecule has 0 amide bonds. The first-order chi connectivity index (χ1) is 13.2. The summed E-state index contributed by atoms with van der Waals surface area (Å²) in [4.78, 5) is 2.33. The molecule has 0 saturated heterocycles. The molecule has 0 aromatic heterocycles. The SMILES string of the molecule is COCOc1c2c(cc(OC)c1CCO)CN(CCc1ccc(F)cc1)C2. The summed E-state index contributed by atoms with van der Waals surface area (Å²) in [7, 11) is 3.21. The van der Waals surface area contributed by atoms with Crippen molar-refractivity contribution in [3.63, 3.8) is 0 Å². The van der Waals surface area contributed by atoms with Gasteiger partial charge in [-0.3, -0.25) is 4.90 Å². The summed E-state index contributed by atoms with van der Waals surface area (Å²) in [6.45, 7) is 2.59. The quantitative estimate of drug-likeness (QED) is 0.683. The van der Waals surface area contributed by atoms with Crippen LogP contribution in [-0.4, -0.2) is 44.2 Å². The molecule has 5 nitrogen and oxygen atoms in total. The summed E-state index contributed by atoms with van der Waals surface area (Å²) >= 11 is 0. The van der Waals surface area contributed by atoms with Crippen LogP contribution in [0.15, 0.2) is 30.3 Å². The van der Waals surface area contributed by atoms with Crippen molar-refractivity contribution < 1.29 is 23.7 Å². The monoisotopic (exact) mass is 375 g/mol. The Balaban J connectivity index is 1.78. The number of aliphatic hydroxyl groups excluding tert-OH is 1. The van der Waals surface area contributed by atoms with Crippen LogP contribution >= 0.6 is 0 Å². The van der Waals surface area contributed by atoms with Gasteiger partial charge in [-0.05, 0) is 35.7 Å². The summed E-state index contributed by atoms with van der Waals surface area (Å²) in [5, 5.41) is 9.44. The molecule has 2 aromatic carbocycles. The molecule has 146 valence electrons. The van der Waals surface area contributed by atoms with Gasteiger partial charge in [0.15, 0.2) is 6.79 Å². The second kappa shape index (κ2) is 9.17. The van der Waals surface area contributed by atoms with Gasteiger partial charge in [0.05, 0.1) is 7.11 Å². The molecule has 0 atom stereocenters. The van der Waals surface area contributed by atoms with Gasteiger partial charge >= 0.3 is 0 Å². The van der Waals surface area contributed by atoms with E-state index in [4.69, 9.17) is 14.2 Å². The number of ether oxygens (including phenoxy) is 3. The fraction of sp³-hybridized carbons (Fsp3) is 0.429. The molecular formula is C21H26FNO4. The Morgan fingerprint density at radius 1 is 1.11 bits per heavy atom. The minimum Gasteiger partial charge on any atom is -0.496 e. The van der Waals surface area contributed by atoms with E-state index >= 15 is 0 Å². The molecule has 2 aromatic rings. The van der Waals surface area contributed by atoms with Gasteiger partial charge in [0.25, 0.3) is 0 Å². The van der Waals surface area contributed by atoms with Crippen molar-refractivity contribution in [1.82, 2.24) is 4.90 Å². The lowest BCUT2D eigenvalue weighted by Gasteiger charge is -2.18. The molecule has 6 heteroatoms. The van der Waals surface area contributed by atoms with Crippen LogP contribution in [0.25, 0.3) is 0 Å². The van der Waals surface area contributed by atoms with Crippen LogP contribution in [0.2, 0.25) is 0 Å². The first-order valence-electron chi connectivity index (χ1n) is 9.07. The number of rotatable bonds is 9. The molecule has 1 aliphatic rings. The average Bonchev–Trinajstić information content (AvgIpc) is 3.09. The van der Waals surface area contributed by atoms with E-state index in [9.17, 15) is 9.50 Å². The van der Waals surface area contributed by atoms with E-state index in [0.717, 1.165) is 54.2 Å². The van der Waals surface area contributed by atoms with Gasteiger partial charge in [0, 0.05) is 50.9 Å². The molecule has 0 unspecified atom stereocenters. The van der Waals surface area contributed by atoms with Gasteiger partial charge in [-0.1, -0.05) is 12.1 Å². The highest BCUT2D eigenvalue weighted by Gasteiger charge is 2.27. The van der Waals surface area contributed by atoms with Crippen LogP contribution < -0.4 is 9.47 Å². The molecule has 0 saturated carbocycles. The first kappa shape index (κ1) is 19.6. The second-order valence-electron chi connectivity index (χ2n) is 6.64. The summed E-state index contributed by atoms with van der Waals surface area (Å²) in [6, 6.07) is 8.69. The van der Waals surface area contributed by atoms with Crippen LogP contribution in [0.5, 0.6) is 11.5 Å². The van der Waals surface area contributed by atoms with E-state index in [2.05, 4.69) is 4.90 Å². The minimum atomic E-state index is -0.212. The van der Waals surface area contributed by atoms with Gasteiger partial charge < -0.3 is 19.3 Å². The number of benzene rings is 2. The zero-order valence-electron chi connectivity index (χ0n) is 15.8. The maximum atomic E-state index is 13.1. The fourth-order valence-corrected chi connectivity index (χ4v) is 3.53. The van der Waals surface area contributed by atoms with Crippen molar-refractivity contribution in [2.45, 2.75) is 25.9 Å². The molecule has 0 bridgehead atoms. The van der Waals surface area contributed by atoms with E-state index in [-0.39, 0.29) is 19.2 Å². The topological polar surface area (TPSA) is 51.2 Å². The molecule has 27 heavy (non-hydrogen) atoms. The van der Waals surface area contributed by atoms with Crippen LogP contribution in [0.3, 0.4) is 0 Å². The highest BCUT2D eigenvalue weighted by molar-refractivity contribution is 5.55. The number of aliphatic hydroxyl groups is 1. The number of methoxy groups -OCH3 is 2. The lowest BCUT2D eigenvalue weighted by Crippen LogP contribution is -2.19. The molecule has 0 radical (unpaired) electrons. The molecule has 3 rings (SSSR count). The molecule has 1 aliphatic heterocycles. The Bertz CT molecular complexity index is 764. The number of halogens is 1. The third-order valence-electron chi connectivity index (χ3n) is 4.85. The van der Waals surface area contributed by atoms with E-state index in [1.54, 1.807) is 14.2 Å². The maximum Gasteiger partial charge on any atom is 0.188 e. The largest absolute Gasteiger partial charge is 0.496 e. The predicted molar refractivity (Wildman–Crippen MR) is 101 cm³/mol. The van der Waals surface area contributed by atoms with Gasteiger partial charge in [-0.25, -0.2) is 4.39 Å². The highest BCUT2D eigenvalue weighted by Crippen LogP contribution is 2.40. The lowest BCUT2D eigenvalue weighted by atomic mass is 10.0. The van der Waals surface area contributed by atoms with E-state index in [1.807, 2.05) is 18.2 Å². The summed E-state index contributed by atoms with van der Waals surface area (Å²) in [5.74, 6) is 1.27. The number of hydrogen-bond acceptors (Lipinski definition) is 5. The third-order valence-corrected chi connectivity index (χ3v) is 4.85. The van der Waals surface area contributed by atoms with Crippen LogP contribution in [0.4, 0.5) is 4.39 Å². The van der Waals surface area contributed by atoms with Gasteiger partial charge in [0.1, 0.15) is 17.3 Å². The Labute approximate surface area is 159 Å². The Hall–Kier alpha value is -2.15. The molecule has 0 aliphatic carbocycles. The number of hydrogen-bond donors (Lipinski definition) is 1. The van der Waals surface area contributed by atoms with Crippen molar-refractivity contribution in [2.24, 2.45) is 0 Å². The molecule has 0 spiro atoms. The normalized spacial score (nSPS) is 13.6. The maximum absolute atomic E-state index is 13.1. The Morgan fingerprint density at radius 3 is 2.56 bits per heavy atom. The van der Waals surface area contributed by atoms with Crippen LogP contribution in [-0.2, 0) is 30.7 Å².